The molecule has 0 saturated carbocycles. The summed E-state index contributed by atoms with van der Waals surface area (Å²) in [7, 11) is 0. The van der Waals surface area contributed by atoms with Crippen LogP contribution in [0.1, 0.15) is 48.2 Å². The summed E-state index contributed by atoms with van der Waals surface area (Å²) in [6, 6.07) is 13.9. The topological polar surface area (TPSA) is 63.6 Å². The third kappa shape index (κ3) is 4.44. The van der Waals surface area contributed by atoms with E-state index in [4.69, 9.17) is 4.74 Å². The van der Waals surface area contributed by atoms with Crippen LogP contribution in [-0.4, -0.2) is 17.0 Å². The van der Waals surface area contributed by atoms with Crippen molar-refractivity contribution in [3.63, 3.8) is 0 Å². The van der Waals surface area contributed by atoms with Gasteiger partial charge in [-0.15, -0.1) is 0 Å². The number of benzene rings is 2. The van der Waals surface area contributed by atoms with E-state index in [0.29, 0.717) is 5.92 Å². The minimum Gasteiger partial charge on any atom is -0.507 e. The Kier molecular flexibility index (Phi) is 5.74. The Hall–Kier alpha value is -2.62. The fraction of sp³-hybridized carbons (Fsp3) is 0.300. The second-order valence-electron chi connectivity index (χ2n) is 6.29. The summed E-state index contributed by atoms with van der Waals surface area (Å²) in [4.78, 5) is 24.3. The molecule has 0 aliphatic heterocycles. The molecule has 1 N–H and O–H groups in total. The van der Waals surface area contributed by atoms with E-state index in [1.165, 1.54) is 6.07 Å². The first-order chi connectivity index (χ1) is 11.4. The third-order valence-electron chi connectivity index (χ3n) is 3.77. The molecule has 0 unspecified atom stereocenters. The lowest BCUT2D eigenvalue weighted by molar-refractivity contribution is -0.139. The van der Waals surface area contributed by atoms with E-state index >= 15 is 0 Å². The Morgan fingerprint density at radius 3 is 2.29 bits per heavy atom. The molecule has 24 heavy (non-hydrogen) atoms. The van der Waals surface area contributed by atoms with Crippen molar-refractivity contribution >= 4 is 11.9 Å². The van der Waals surface area contributed by atoms with E-state index in [2.05, 4.69) is 13.8 Å². The lowest BCUT2D eigenvalue weighted by Gasteiger charge is -2.12. The molecule has 0 fully saturated rings. The molecule has 4 nitrogen and oxygen atoms in total. The highest BCUT2D eigenvalue weighted by Gasteiger charge is 2.22. The normalized spacial score (nSPS) is 12.0. The van der Waals surface area contributed by atoms with Crippen molar-refractivity contribution in [1.29, 1.82) is 0 Å². The van der Waals surface area contributed by atoms with E-state index in [1.807, 2.05) is 18.2 Å². The first-order valence-corrected chi connectivity index (χ1v) is 8.01. The van der Waals surface area contributed by atoms with Crippen LogP contribution in [0.5, 0.6) is 5.75 Å². The van der Waals surface area contributed by atoms with Crippen molar-refractivity contribution in [2.45, 2.75) is 33.1 Å². The van der Waals surface area contributed by atoms with Crippen LogP contribution in [0.25, 0.3) is 0 Å². The third-order valence-corrected chi connectivity index (χ3v) is 3.77. The molecule has 0 spiro atoms. The van der Waals surface area contributed by atoms with Gasteiger partial charge in [0.1, 0.15) is 11.3 Å². The highest BCUT2D eigenvalue weighted by atomic mass is 16.6. The largest absolute Gasteiger partial charge is 0.507 e. The van der Waals surface area contributed by atoms with Gasteiger partial charge < -0.3 is 9.84 Å². The summed E-state index contributed by atoms with van der Waals surface area (Å²) in [5.41, 5.74) is 1.70. The molecule has 0 aliphatic carbocycles. The van der Waals surface area contributed by atoms with Gasteiger partial charge in [0.25, 0.3) is 0 Å². The summed E-state index contributed by atoms with van der Waals surface area (Å²) in [6.45, 7) is 5.82. The monoisotopic (exact) mass is 326 g/mol. The average molecular weight is 326 g/mol. The molecule has 126 valence electrons. The molecular formula is C20H22O4. The second kappa shape index (κ2) is 7.77. The van der Waals surface area contributed by atoms with E-state index in [0.717, 1.165) is 17.5 Å². The Bertz CT molecular complexity index is 720. The van der Waals surface area contributed by atoms with Gasteiger partial charge in [-0.25, -0.2) is 4.79 Å². The maximum absolute atomic E-state index is 12.1. The van der Waals surface area contributed by atoms with Crippen molar-refractivity contribution in [3.8, 4) is 5.75 Å². The first-order valence-electron chi connectivity index (χ1n) is 8.01. The SMILES string of the molecule is CC(C)Cc1ccc(C(=O)OC(=O)[C@@H](C)c2ccccc2)c(O)c1. The maximum atomic E-state index is 12.1. The molecule has 0 radical (unpaired) electrons. The van der Waals surface area contributed by atoms with Crippen molar-refractivity contribution in [3.05, 3.63) is 65.2 Å². The van der Waals surface area contributed by atoms with Crippen LogP contribution >= 0.6 is 0 Å². The van der Waals surface area contributed by atoms with E-state index in [9.17, 15) is 14.7 Å². The maximum Gasteiger partial charge on any atom is 0.349 e. The van der Waals surface area contributed by atoms with Crippen LogP contribution in [0.2, 0.25) is 0 Å². The molecule has 0 bridgehead atoms. The summed E-state index contributed by atoms with van der Waals surface area (Å²) < 4.78 is 4.92. The molecule has 0 amide bonds. The Balaban J connectivity index is 2.08. The van der Waals surface area contributed by atoms with Gasteiger partial charge in [0.2, 0.25) is 0 Å². The Morgan fingerprint density at radius 1 is 1.04 bits per heavy atom. The van der Waals surface area contributed by atoms with Crippen LogP contribution in [0.3, 0.4) is 0 Å². The fourth-order valence-electron chi connectivity index (χ4n) is 2.46. The number of hydrogen-bond donors (Lipinski definition) is 1. The number of esters is 2. The summed E-state index contributed by atoms with van der Waals surface area (Å²) in [5.74, 6) is -1.76. The quantitative estimate of drug-likeness (QED) is 0.664. The summed E-state index contributed by atoms with van der Waals surface area (Å²) in [6.07, 6.45) is 0.798. The molecule has 0 heterocycles. The molecule has 2 aromatic rings. The van der Waals surface area contributed by atoms with E-state index in [-0.39, 0.29) is 11.3 Å². The van der Waals surface area contributed by atoms with E-state index in [1.54, 1.807) is 31.2 Å². The van der Waals surface area contributed by atoms with Crippen LogP contribution in [0.4, 0.5) is 0 Å². The van der Waals surface area contributed by atoms with Crippen LogP contribution in [0.15, 0.2) is 48.5 Å². The zero-order valence-electron chi connectivity index (χ0n) is 14.2. The van der Waals surface area contributed by atoms with Gasteiger partial charge in [-0.05, 0) is 42.5 Å². The van der Waals surface area contributed by atoms with Crippen molar-refractivity contribution < 1.29 is 19.4 Å². The predicted molar refractivity (Wildman–Crippen MR) is 91.9 cm³/mol. The first kappa shape index (κ1) is 17.7. The zero-order valence-corrected chi connectivity index (χ0v) is 14.2. The Morgan fingerprint density at radius 2 is 1.71 bits per heavy atom. The number of hydrogen-bond acceptors (Lipinski definition) is 4. The highest BCUT2D eigenvalue weighted by molar-refractivity contribution is 6.00. The van der Waals surface area contributed by atoms with E-state index < -0.39 is 17.9 Å². The molecular weight excluding hydrogens is 304 g/mol. The number of aromatic hydroxyl groups is 1. The highest BCUT2D eigenvalue weighted by Crippen LogP contribution is 2.23. The fourth-order valence-corrected chi connectivity index (χ4v) is 2.46. The van der Waals surface area contributed by atoms with Gasteiger partial charge in [-0.1, -0.05) is 50.2 Å². The number of carbonyl (C=O) groups is 2. The van der Waals surface area contributed by atoms with Gasteiger partial charge in [0.15, 0.2) is 0 Å². The standard InChI is InChI=1S/C20H22O4/c1-13(2)11-15-9-10-17(18(21)12-15)20(23)24-19(22)14(3)16-7-5-4-6-8-16/h4-10,12-14,21H,11H2,1-3H3/t14-/m0/s1. The molecule has 2 aromatic carbocycles. The summed E-state index contributed by atoms with van der Waals surface area (Å²) in [5, 5.41) is 10.0. The minimum atomic E-state index is -0.837. The number of carbonyl (C=O) groups excluding carboxylic acids is 2. The molecule has 1 atom stereocenters. The molecule has 0 aromatic heterocycles. The van der Waals surface area contributed by atoms with Crippen LogP contribution in [-0.2, 0) is 16.0 Å². The number of phenols is 1. The lowest BCUT2D eigenvalue weighted by atomic mass is 10.0. The minimum absolute atomic E-state index is 0.00359. The van der Waals surface area contributed by atoms with Crippen molar-refractivity contribution in [1.82, 2.24) is 0 Å². The number of phenolic OH excluding ortho intramolecular Hbond substituents is 1. The van der Waals surface area contributed by atoms with Crippen LogP contribution < -0.4 is 0 Å². The summed E-state index contributed by atoms with van der Waals surface area (Å²) >= 11 is 0. The van der Waals surface area contributed by atoms with Gasteiger partial charge in [0, 0.05) is 0 Å². The molecule has 0 aliphatic rings. The van der Waals surface area contributed by atoms with Gasteiger partial charge in [0.05, 0.1) is 5.92 Å². The Labute approximate surface area is 142 Å². The lowest BCUT2D eigenvalue weighted by Crippen LogP contribution is -2.18. The number of rotatable bonds is 5. The molecule has 4 heteroatoms. The van der Waals surface area contributed by atoms with Crippen molar-refractivity contribution in [2.24, 2.45) is 5.92 Å². The smallest absolute Gasteiger partial charge is 0.349 e. The predicted octanol–water partition coefficient (Wildman–Crippen LogP) is 4.08. The van der Waals surface area contributed by atoms with Gasteiger partial charge in [-0.3, -0.25) is 4.79 Å². The molecule has 0 saturated heterocycles. The average Bonchev–Trinajstić information content (AvgIpc) is 2.54. The van der Waals surface area contributed by atoms with Crippen molar-refractivity contribution in [2.75, 3.05) is 0 Å². The zero-order chi connectivity index (χ0) is 17.7. The van der Waals surface area contributed by atoms with Gasteiger partial charge >= 0.3 is 11.9 Å². The number of ether oxygens (including phenoxy) is 1. The molecule has 2 rings (SSSR count). The van der Waals surface area contributed by atoms with Crippen LogP contribution in [0, 0.1) is 5.92 Å². The second-order valence-corrected chi connectivity index (χ2v) is 6.29. The van der Waals surface area contributed by atoms with Gasteiger partial charge in [-0.2, -0.15) is 0 Å².